The van der Waals surface area contributed by atoms with Crippen LogP contribution in [0.4, 0.5) is 5.69 Å². The van der Waals surface area contributed by atoms with Gasteiger partial charge in [-0.25, -0.2) is 9.59 Å². The molecule has 1 rings (SSSR count). The summed E-state index contributed by atoms with van der Waals surface area (Å²) in [5.74, 6) is -1.00. The summed E-state index contributed by atoms with van der Waals surface area (Å²) in [7, 11) is 0. The Balaban J connectivity index is 3.04. The zero-order chi connectivity index (χ0) is 16.5. The van der Waals surface area contributed by atoms with Crippen LogP contribution >= 0.6 is 11.6 Å². The summed E-state index contributed by atoms with van der Waals surface area (Å²) >= 11 is 5.53. The van der Waals surface area contributed by atoms with Crippen LogP contribution in [0.2, 0.25) is 0 Å². The predicted molar refractivity (Wildman–Crippen MR) is 83.6 cm³/mol. The van der Waals surface area contributed by atoms with E-state index in [0.717, 1.165) is 0 Å². The zero-order valence-corrected chi connectivity index (χ0v) is 13.4. The smallest absolute Gasteiger partial charge is 0.340 e. The van der Waals surface area contributed by atoms with Crippen LogP contribution in [0.25, 0.3) is 0 Å². The number of carbonyl (C=O) groups is 2. The third-order valence-electron chi connectivity index (χ3n) is 2.73. The molecular weight excluding hydrogens is 310 g/mol. The standard InChI is InChI=1S/C15H20ClNO5/c1-3-21-14(19)10-5-6-13(17-9-11(18)8-16)12(7-10)15(20)22-4-2/h5-7,11,17-18H,3-4,8-9H2,1-2H3. The number of hydrogen-bond donors (Lipinski definition) is 2. The quantitative estimate of drug-likeness (QED) is 0.561. The number of hydrogen-bond acceptors (Lipinski definition) is 6. The van der Waals surface area contributed by atoms with E-state index in [0.29, 0.717) is 5.69 Å². The second kappa shape index (κ2) is 9.27. The Morgan fingerprint density at radius 3 is 2.45 bits per heavy atom. The molecule has 0 fully saturated rings. The molecule has 2 N–H and O–H groups in total. The monoisotopic (exact) mass is 329 g/mol. The lowest BCUT2D eigenvalue weighted by molar-refractivity contribution is 0.0526. The predicted octanol–water partition coefficient (Wildman–Crippen LogP) is 2.05. The number of halogens is 1. The van der Waals surface area contributed by atoms with Crippen molar-refractivity contribution in [2.75, 3.05) is 31.0 Å². The van der Waals surface area contributed by atoms with Crippen LogP contribution in [0.3, 0.4) is 0 Å². The first kappa shape index (κ1) is 18.3. The summed E-state index contributed by atoms with van der Waals surface area (Å²) in [6.07, 6.45) is -0.749. The fraction of sp³-hybridized carbons (Fsp3) is 0.467. The zero-order valence-electron chi connectivity index (χ0n) is 12.6. The van der Waals surface area contributed by atoms with E-state index < -0.39 is 18.0 Å². The third kappa shape index (κ3) is 5.20. The van der Waals surface area contributed by atoms with Gasteiger partial charge in [0.25, 0.3) is 0 Å². The first-order chi connectivity index (χ1) is 10.5. The highest BCUT2D eigenvalue weighted by Crippen LogP contribution is 2.20. The number of benzene rings is 1. The highest BCUT2D eigenvalue weighted by atomic mass is 35.5. The van der Waals surface area contributed by atoms with E-state index in [-0.39, 0.29) is 36.8 Å². The maximum absolute atomic E-state index is 12.0. The highest BCUT2D eigenvalue weighted by Gasteiger charge is 2.17. The van der Waals surface area contributed by atoms with Crippen molar-refractivity contribution in [3.05, 3.63) is 29.3 Å². The van der Waals surface area contributed by atoms with Gasteiger partial charge in [-0.3, -0.25) is 0 Å². The van der Waals surface area contributed by atoms with Crippen molar-refractivity contribution in [2.24, 2.45) is 0 Å². The van der Waals surface area contributed by atoms with Crippen molar-refractivity contribution in [3.8, 4) is 0 Å². The van der Waals surface area contributed by atoms with E-state index in [4.69, 9.17) is 21.1 Å². The molecule has 1 aromatic rings. The van der Waals surface area contributed by atoms with Crippen molar-refractivity contribution < 1.29 is 24.2 Å². The summed E-state index contributed by atoms with van der Waals surface area (Å²) in [6, 6.07) is 4.51. The van der Waals surface area contributed by atoms with Gasteiger partial charge in [-0.1, -0.05) is 0 Å². The number of alkyl halides is 1. The molecule has 0 aliphatic heterocycles. The fourth-order valence-corrected chi connectivity index (χ4v) is 1.81. The van der Waals surface area contributed by atoms with Gasteiger partial charge in [0, 0.05) is 12.2 Å². The highest BCUT2D eigenvalue weighted by molar-refractivity contribution is 6.18. The van der Waals surface area contributed by atoms with E-state index in [1.54, 1.807) is 19.9 Å². The van der Waals surface area contributed by atoms with Gasteiger partial charge in [0.1, 0.15) is 0 Å². The number of anilines is 1. The molecule has 0 radical (unpaired) electrons. The number of aliphatic hydroxyl groups excluding tert-OH is 1. The van der Waals surface area contributed by atoms with Gasteiger partial charge in [-0.2, -0.15) is 0 Å². The molecule has 0 amide bonds. The number of ether oxygens (including phenoxy) is 2. The van der Waals surface area contributed by atoms with Crippen LogP contribution < -0.4 is 5.32 Å². The van der Waals surface area contributed by atoms with Crippen molar-refractivity contribution in [1.29, 1.82) is 0 Å². The van der Waals surface area contributed by atoms with Crippen LogP contribution in [0.15, 0.2) is 18.2 Å². The molecule has 0 saturated heterocycles. The number of carbonyl (C=O) groups excluding carboxylic acids is 2. The Morgan fingerprint density at radius 1 is 1.23 bits per heavy atom. The summed E-state index contributed by atoms with van der Waals surface area (Å²) in [6.45, 7) is 4.03. The lowest BCUT2D eigenvalue weighted by Gasteiger charge is -2.14. The van der Waals surface area contributed by atoms with Gasteiger partial charge in [0.05, 0.1) is 36.3 Å². The minimum absolute atomic E-state index is 0.0721. The Kier molecular flexibility index (Phi) is 7.70. The Morgan fingerprint density at radius 2 is 1.86 bits per heavy atom. The molecule has 1 unspecified atom stereocenters. The van der Waals surface area contributed by atoms with Crippen LogP contribution in [0, 0.1) is 0 Å². The molecule has 0 saturated carbocycles. The molecule has 0 aromatic heterocycles. The molecule has 7 heteroatoms. The summed E-state index contributed by atoms with van der Waals surface area (Å²) in [4.78, 5) is 23.8. The molecule has 0 heterocycles. The number of esters is 2. The minimum Gasteiger partial charge on any atom is -0.462 e. The van der Waals surface area contributed by atoms with Crippen molar-refractivity contribution in [1.82, 2.24) is 0 Å². The number of aliphatic hydroxyl groups is 1. The fourth-order valence-electron chi connectivity index (χ4n) is 1.70. The van der Waals surface area contributed by atoms with E-state index >= 15 is 0 Å². The summed E-state index contributed by atoms with van der Waals surface area (Å²) < 4.78 is 9.89. The topological polar surface area (TPSA) is 84.9 Å². The molecule has 0 aliphatic carbocycles. The van der Waals surface area contributed by atoms with Gasteiger partial charge in [0.2, 0.25) is 0 Å². The number of nitrogens with one attached hydrogen (secondary N) is 1. The molecular formula is C15H20ClNO5. The minimum atomic E-state index is -0.749. The largest absolute Gasteiger partial charge is 0.462 e. The molecule has 0 aliphatic rings. The molecule has 0 spiro atoms. The average molecular weight is 330 g/mol. The van der Waals surface area contributed by atoms with Gasteiger partial charge in [-0.05, 0) is 32.0 Å². The van der Waals surface area contributed by atoms with Crippen LogP contribution in [0.1, 0.15) is 34.6 Å². The molecule has 1 aromatic carbocycles. The Labute approximate surface area is 134 Å². The summed E-state index contributed by atoms with van der Waals surface area (Å²) in [5, 5.41) is 12.4. The first-order valence-electron chi connectivity index (χ1n) is 6.99. The summed E-state index contributed by atoms with van der Waals surface area (Å²) in [5.41, 5.74) is 0.915. The first-order valence-corrected chi connectivity index (χ1v) is 7.53. The maximum Gasteiger partial charge on any atom is 0.340 e. The second-order valence-corrected chi connectivity index (χ2v) is 4.70. The van der Waals surface area contributed by atoms with Crippen molar-refractivity contribution in [3.63, 3.8) is 0 Å². The van der Waals surface area contributed by atoms with Crippen molar-refractivity contribution in [2.45, 2.75) is 20.0 Å². The van der Waals surface area contributed by atoms with Gasteiger partial charge in [0.15, 0.2) is 0 Å². The van der Waals surface area contributed by atoms with E-state index in [1.165, 1.54) is 12.1 Å². The third-order valence-corrected chi connectivity index (χ3v) is 3.09. The van der Waals surface area contributed by atoms with E-state index in [1.807, 2.05) is 0 Å². The maximum atomic E-state index is 12.0. The van der Waals surface area contributed by atoms with Crippen LogP contribution in [0.5, 0.6) is 0 Å². The van der Waals surface area contributed by atoms with Crippen LogP contribution in [-0.2, 0) is 9.47 Å². The number of rotatable bonds is 8. The molecule has 1 atom stereocenters. The van der Waals surface area contributed by atoms with E-state index in [2.05, 4.69) is 5.32 Å². The molecule has 0 bridgehead atoms. The lowest BCUT2D eigenvalue weighted by Crippen LogP contribution is -2.22. The molecule has 22 heavy (non-hydrogen) atoms. The average Bonchev–Trinajstić information content (AvgIpc) is 2.52. The Hall–Kier alpha value is -1.79. The lowest BCUT2D eigenvalue weighted by atomic mass is 10.1. The van der Waals surface area contributed by atoms with Crippen molar-refractivity contribution >= 4 is 29.2 Å². The Bertz CT molecular complexity index is 521. The van der Waals surface area contributed by atoms with Crippen LogP contribution in [-0.4, -0.2) is 48.8 Å². The second-order valence-electron chi connectivity index (χ2n) is 4.39. The molecule has 122 valence electrons. The van der Waals surface area contributed by atoms with Gasteiger partial charge in [-0.15, -0.1) is 11.6 Å². The normalized spacial score (nSPS) is 11.6. The van der Waals surface area contributed by atoms with E-state index in [9.17, 15) is 14.7 Å². The van der Waals surface area contributed by atoms with Gasteiger partial charge < -0.3 is 19.9 Å². The SMILES string of the molecule is CCOC(=O)c1ccc(NCC(O)CCl)c(C(=O)OCC)c1. The molecule has 6 nitrogen and oxygen atoms in total. The van der Waals surface area contributed by atoms with Gasteiger partial charge >= 0.3 is 11.9 Å².